The number of anilines is 1. The fourth-order valence-corrected chi connectivity index (χ4v) is 5.32. The van der Waals surface area contributed by atoms with Gasteiger partial charge in [-0.1, -0.05) is 32.9 Å². The fraction of sp³-hybridized carbons (Fsp3) is 0.348. The summed E-state index contributed by atoms with van der Waals surface area (Å²) in [6.07, 6.45) is 1.61. The van der Waals surface area contributed by atoms with Gasteiger partial charge in [0.2, 0.25) is 5.91 Å². The van der Waals surface area contributed by atoms with Gasteiger partial charge < -0.3 is 5.32 Å². The van der Waals surface area contributed by atoms with Crippen LogP contribution in [0.25, 0.3) is 11.0 Å². The van der Waals surface area contributed by atoms with Crippen LogP contribution >= 0.6 is 0 Å². The van der Waals surface area contributed by atoms with Gasteiger partial charge in [-0.15, -0.1) is 0 Å². The Morgan fingerprint density at radius 1 is 0.929 bits per heavy atom. The third-order valence-corrected chi connectivity index (χ3v) is 7.43. The maximum Gasteiger partial charge on any atom is 0.237 e. The molecule has 1 heterocycles. The lowest BCUT2D eigenvalue weighted by molar-refractivity contribution is -0.125. The zero-order chi connectivity index (χ0) is 19.7. The molecule has 0 radical (unpaired) electrons. The molecule has 2 aliphatic rings. The number of halogens is 1. The van der Waals surface area contributed by atoms with E-state index in [0.29, 0.717) is 5.69 Å². The highest BCUT2D eigenvalue weighted by molar-refractivity contribution is 6.02. The summed E-state index contributed by atoms with van der Waals surface area (Å²) in [5, 5.41) is 3.02. The zero-order valence-corrected chi connectivity index (χ0v) is 16.2. The molecule has 142 valence electrons. The van der Waals surface area contributed by atoms with E-state index in [-0.39, 0.29) is 22.6 Å². The molecule has 3 aromatic rings. The molecule has 0 spiro atoms. The molecule has 1 aromatic heterocycles. The quantitative estimate of drug-likeness (QED) is 0.704. The summed E-state index contributed by atoms with van der Waals surface area (Å²) in [6.45, 7) is 6.51. The number of para-hydroxylation sites is 2. The van der Waals surface area contributed by atoms with Crippen molar-refractivity contribution in [1.29, 1.82) is 0 Å². The van der Waals surface area contributed by atoms with Crippen molar-refractivity contribution in [2.24, 2.45) is 5.41 Å². The summed E-state index contributed by atoms with van der Waals surface area (Å²) in [4.78, 5) is 23.6. The van der Waals surface area contributed by atoms with Crippen LogP contribution in [0.5, 0.6) is 0 Å². The van der Waals surface area contributed by atoms with Crippen LogP contribution in [0.2, 0.25) is 0 Å². The first-order chi connectivity index (χ1) is 13.3. The first-order valence-corrected chi connectivity index (χ1v) is 9.64. The highest BCUT2D eigenvalue weighted by Gasteiger charge is 2.73. The number of nitrogens with one attached hydrogen (secondary N) is 1. The Hall–Kier alpha value is -2.82. The number of amides is 1. The first-order valence-electron chi connectivity index (χ1n) is 9.64. The van der Waals surface area contributed by atoms with Gasteiger partial charge in [0, 0.05) is 11.1 Å². The van der Waals surface area contributed by atoms with Crippen LogP contribution in [0.4, 0.5) is 10.1 Å². The van der Waals surface area contributed by atoms with E-state index in [2.05, 4.69) is 26.1 Å². The molecule has 4 nitrogen and oxygen atoms in total. The highest BCUT2D eigenvalue weighted by Crippen LogP contribution is 2.70. The van der Waals surface area contributed by atoms with Crippen molar-refractivity contribution < 1.29 is 9.18 Å². The second-order valence-corrected chi connectivity index (χ2v) is 8.73. The van der Waals surface area contributed by atoms with Crippen LogP contribution < -0.4 is 5.32 Å². The molecular formula is C23H22FN3O. The minimum Gasteiger partial charge on any atom is -0.325 e. The molecule has 1 N–H and O–H groups in total. The van der Waals surface area contributed by atoms with Gasteiger partial charge >= 0.3 is 0 Å². The smallest absolute Gasteiger partial charge is 0.237 e. The van der Waals surface area contributed by atoms with Crippen molar-refractivity contribution in [1.82, 2.24) is 9.97 Å². The number of benzene rings is 2. The molecule has 2 bridgehead atoms. The maximum atomic E-state index is 13.7. The lowest BCUT2D eigenvalue weighted by Gasteiger charge is -2.39. The van der Waals surface area contributed by atoms with Gasteiger partial charge in [0.1, 0.15) is 5.82 Å². The van der Waals surface area contributed by atoms with Gasteiger partial charge in [0.05, 0.1) is 27.8 Å². The van der Waals surface area contributed by atoms with Gasteiger partial charge in [-0.05, 0) is 54.7 Å². The summed E-state index contributed by atoms with van der Waals surface area (Å²) >= 11 is 0. The first kappa shape index (κ1) is 17.3. The third-order valence-electron chi connectivity index (χ3n) is 7.43. The SMILES string of the molecule is CC1(C)[C@@]2(C)CC[C@]1(C(=O)Nc1ccc(F)cc1)c1nc3ccccc3nc12. The van der Waals surface area contributed by atoms with Crippen LogP contribution in [-0.2, 0) is 15.6 Å². The number of fused-ring (bicyclic) bond motifs is 6. The van der Waals surface area contributed by atoms with E-state index >= 15 is 0 Å². The number of carbonyl (C=O) groups excluding carboxylic acids is 1. The van der Waals surface area contributed by atoms with E-state index in [1.165, 1.54) is 12.1 Å². The Morgan fingerprint density at radius 3 is 2.18 bits per heavy atom. The van der Waals surface area contributed by atoms with Crippen molar-refractivity contribution in [3.05, 3.63) is 65.7 Å². The van der Waals surface area contributed by atoms with Crippen molar-refractivity contribution in [2.75, 3.05) is 5.32 Å². The highest BCUT2D eigenvalue weighted by atomic mass is 19.1. The molecule has 1 saturated carbocycles. The fourth-order valence-electron chi connectivity index (χ4n) is 5.32. The second-order valence-electron chi connectivity index (χ2n) is 8.73. The molecule has 28 heavy (non-hydrogen) atoms. The third kappa shape index (κ3) is 1.91. The zero-order valence-electron chi connectivity index (χ0n) is 16.2. The van der Waals surface area contributed by atoms with E-state index in [1.807, 2.05) is 24.3 Å². The van der Waals surface area contributed by atoms with Crippen LogP contribution in [-0.4, -0.2) is 15.9 Å². The standard InChI is InChI=1S/C23H22FN3O/c1-21(2)22(3)12-13-23(21,20(28)25-15-10-8-14(24)9-11-15)19-18(22)26-16-6-4-5-7-17(16)27-19/h4-11H,12-13H2,1-3H3,(H,25,28)/t22-,23+/m0/s1. The largest absolute Gasteiger partial charge is 0.325 e. The monoisotopic (exact) mass is 375 g/mol. The van der Waals surface area contributed by atoms with Crippen molar-refractivity contribution >= 4 is 22.6 Å². The number of hydrogen-bond donors (Lipinski definition) is 1. The summed E-state index contributed by atoms with van der Waals surface area (Å²) in [5.41, 5.74) is 2.67. The summed E-state index contributed by atoms with van der Waals surface area (Å²) < 4.78 is 13.3. The molecule has 1 fully saturated rings. The Kier molecular flexibility index (Phi) is 3.32. The molecule has 2 aliphatic carbocycles. The van der Waals surface area contributed by atoms with E-state index < -0.39 is 5.41 Å². The molecule has 5 rings (SSSR count). The van der Waals surface area contributed by atoms with Gasteiger partial charge in [-0.25, -0.2) is 14.4 Å². The number of hydrogen-bond acceptors (Lipinski definition) is 3. The topological polar surface area (TPSA) is 54.9 Å². The predicted molar refractivity (Wildman–Crippen MR) is 107 cm³/mol. The van der Waals surface area contributed by atoms with Gasteiger partial charge in [0.15, 0.2) is 0 Å². The minimum absolute atomic E-state index is 0.0869. The second kappa shape index (κ2) is 5.37. The number of carbonyl (C=O) groups is 1. The Labute approximate surface area is 163 Å². The molecule has 0 saturated heterocycles. The summed E-state index contributed by atoms with van der Waals surface area (Å²) in [5.74, 6) is -0.412. The molecule has 2 aromatic carbocycles. The summed E-state index contributed by atoms with van der Waals surface area (Å²) in [6, 6.07) is 13.7. The number of aromatic nitrogens is 2. The maximum absolute atomic E-state index is 13.7. The van der Waals surface area contributed by atoms with Crippen LogP contribution in [0.1, 0.15) is 45.0 Å². The molecule has 2 atom stereocenters. The van der Waals surface area contributed by atoms with Crippen LogP contribution in [0.15, 0.2) is 48.5 Å². The predicted octanol–water partition coefficient (Wildman–Crippen LogP) is 4.74. The molecular weight excluding hydrogens is 353 g/mol. The van der Waals surface area contributed by atoms with Crippen molar-refractivity contribution in [3.63, 3.8) is 0 Å². The average molecular weight is 375 g/mol. The van der Waals surface area contributed by atoms with E-state index in [1.54, 1.807) is 12.1 Å². The minimum atomic E-state index is -0.761. The Bertz CT molecular complexity index is 1120. The van der Waals surface area contributed by atoms with Gasteiger partial charge in [0.25, 0.3) is 0 Å². The molecule has 5 heteroatoms. The molecule has 1 amide bonds. The number of rotatable bonds is 2. The Balaban J connectivity index is 1.69. The lowest BCUT2D eigenvalue weighted by atomic mass is 9.63. The van der Waals surface area contributed by atoms with Gasteiger partial charge in [-0.2, -0.15) is 0 Å². The van der Waals surface area contributed by atoms with E-state index in [4.69, 9.17) is 9.97 Å². The van der Waals surface area contributed by atoms with Crippen LogP contribution in [0.3, 0.4) is 0 Å². The van der Waals surface area contributed by atoms with Crippen molar-refractivity contribution in [2.45, 2.75) is 44.4 Å². The molecule has 0 aliphatic heterocycles. The summed E-state index contributed by atoms with van der Waals surface area (Å²) in [7, 11) is 0. The molecule has 0 unspecified atom stereocenters. The average Bonchev–Trinajstić information content (AvgIpc) is 2.98. The van der Waals surface area contributed by atoms with E-state index in [0.717, 1.165) is 35.3 Å². The van der Waals surface area contributed by atoms with E-state index in [9.17, 15) is 9.18 Å². The number of nitrogens with zero attached hydrogens (tertiary/aromatic N) is 2. The van der Waals surface area contributed by atoms with Crippen LogP contribution in [0, 0.1) is 11.2 Å². The normalized spacial score (nSPS) is 27.0. The lowest BCUT2D eigenvalue weighted by Crippen LogP contribution is -2.48. The van der Waals surface area contributed by atoms with Gasteiger partial charge in [-0.3, -0.25) is 4.79 Å². The Morgan fingerprint density at radius 2 is 1.54 bits per heavy atom. The van der Waals surface area contributed by atoms with Crippen molar-refractivity contribution in [3.8, 4) is 0 Å².